The normalized spacial score (nSPS) is 20.0. The number of rotatable bonds is 4. The number of fused-ring (bicyclic) bond motifs is 1. The SMILES string of the molecule is Cn1cnc2c(N(CC3CCNCC3)C3CC3)nccc21. The fourth-order valence-corrected chi connectivity index (χ4v) is 3.40. The number of aromatic nitrogens is 3. The van der Waals surface area contributed by atoms with Crippen LogP contribution in [0.5, 0.6) is 0 Å². The molecule has 112 valence electrons. The van der Waals surface area contributed by atoms with Crippen LogP contribution in [0.4, 0.5) is 5.82 Å². The van der Waals surface area contributed by atoms with Gasteiger partial charge < -0.3 is 14.8 Å². The summed E-state index contributed by atoms with van der Waals surface area (Å²) >= 11 is 0. The van der Waals surface area contributed by atoms with Gasteiger partial charge >= 0.3 is 0 Å². The molecule has 0 aromatic carbocycles. The van der Waals surface area contributed by atoms with E-state index in [1.807, 2.05) is 19.6 Å². The van der Waals surface area contributed by atoms with Crippen LogP contribution in [0.2, 0.25) is 0 Å². The Kier molecular flexibility index (Phi) is 3.30. The first-order valence-corrected chi connectivity index (χ1v) is 8.06. The summed E-state index contributed by atoms with van der Waals surface area (Å²) in [7, 11) is 2.05. The molecule has 21 heavy (non-hydrogen) atoms. The van der Waals surface area contributed by atoms with Gasteiger partial charge in [-0.2, -0.15) is 0 Å². The van der Waals surface area contributed by atoms with Crippen molar-refractivity contribution in [1.29, 1.82) is 0 Å². The molecule has 0 spiro atoms. The van der Waals surface area contributed by atoms with E-state index in [4.69, 9.17) is 0 Å². The lowest BCUT2D eigenvalue weighted by Crippen LogP contribution is -2.37. The van der Waals surface area contributed by atoms with E-state index in [0.717, 1.165) is 36.9 Å². The topological polar surface area (TPSA) is 46.0 Å². The molecule has 0 unspecified atom stereocenters. The zero-order chi connectivity index (χ0) is 14.2. The second kappa shape index (κ2) is 5.30. The molecule has 5 heteroatoms. The van der Waals surface area contributed by atoms with Gasteiger partial charge in [0.05, 0.1) is 11.8 Å². The van der Waals surface area contributed by atoms with Crippen LogP contribution in [-0.2, 0) is 7.05 Å². The molecular formula is C16H23N5. The number of piperidine rings is 1. The van der Waals surface area contributed by atoms with Crippen molar-refractivity contribution in [3.63, 3.8) is 0 Å². The third kappa shape index (κ3) is 2.50. The van der Waals surface area contributed by atoms with E-state index in [9.17, 15) is 0 Å². The first kappa shape index (κ1) is 13.1. The van der Waals surface area contributed by atoms with Crippen molar-refractivity contribution in [2.75, 3.05) is 24.5 Å². The predicted octanol–water partition coefficient (Wildman–Crippen LogP) is 1.94. The number of nitrogens with one attached hydrogen (secondary N) is 1. The van der Waals surface area contributed by atoms with Crippen molar-refractivity contribution in [3.05, 3.63) is 18.6 Å². The summed E-state index contributed by atoms with van der Waals surface area (Å²) in [5.41, 5.74) is 2.23. The van der Waals surface area contributed by atoms with Crippen LogP contribution in [-0.4, -0.2) is 40.2 Å². The van der Waals surface area contributed by atoms with Crippen LogP contribution < -0.4 is 10.2 Å². The highest BCUT2D eigenvalue weighted by Gasteiger charge is 2.33. The highest BCUT2D eigenvalue weighted by molar-refractivity contribution is 5.86. The number of aryl methyl sites for hydroxylation is 1. The smallest absolute Gasteiger partial charge is 0.157 e. The molecule has 3 heterocycles. The summed E-state index contributed by atoms with van der Waals surface area (Å²) < 4.78 is 2.08. The lowest BCUT2D eigenvalue weighted by molar-refractivity contribution is 0.372. The van der Waals surface area contributed by atoms with Crippen LogP contribution in [0, 0.1) is 5.92 Å². The minimum atomic E-state index is 0.681. The Balaban J connectivity index is 1.65. The van der Waals surface area contributed by atoms with Gasteiger partial charge in [-0.25, -0.2) is 9.97 Å². The third-order valence-electron chi connectivity index (χ3n) is 4.80. The van der Waals surface area contributed by atoms with Gasteiger partial charge in [-0.15, -0.1) is 0 Å². The van der Waals surface area contributed by atoms with Crippen molar-refractivity contribution in [2.45, 2.75) is 31.7 Å². The molecule has 5 nitrogen and oxygen atoms in total. The molecule has 0 atom stereocenters. The molecule has 0 amide bonds. The summed E-state index contributed by atoms with van der Waals surface area (Å²) in [6.45, 7) is 3.45. The van der Waals surface area contributed by atoms with Crippen LogP contribution in [0.3, 0.4) is 0 Å². The predicted molar refractivity (Wildman–Crippen MR) is 84.5 cm³/mol. The largest absolute Gasteiger partial charge is 0.351 e. The van der Waals surface area contributed by atoms with Crippen LogP contribution in [0.25, 0.3) is 11.0 Å². The second-order valence-corrected chi connectivity index (χ2v) is 6.43. The number of nitrogens with zero attached hydrogens (tertiary/aromatic N) is 4. The standard InChI is InChI=1S/C16H23N5/c1-20-11-19-15-14(20)6-9-18-16(15)21(13-2-3-13)10-12-4-7-17-8-5-12/h6,9,11-13,17H,2-5,7-8,10H2,1H3. The van der Waals surface area contributed by atoms with Gasteiger partial charge in [0.25, 0.3) is 0 Å². The van der Waals surface area contributed by atoms with Crippen LogP contribution in [0.1, 0.15) is 25.7 Å². The van der Waals surface area contributed by atoms with E-state index < -0.39 is 0 Å². The van der Waals surface area contributed by atoms with Crippen molar-refractivity contribution in [1.82, 2.24) is 19.9 Å². The minimum absolute atomic E-state index is 0.681. The molecule has 1 saturated heterocycles. The first-order chi connectivity index (χ1) is 10.3. The Morgan fingerprint density at radius 2 is 2.05 bits per heavy atom. The van der Waals surface area contributed by atoms with Gasteiger partial charge in [-0.1, -0.05) is 0 Å². The fourth-order valence-electron chi connectivity index (χ4n) is 3.40. The molecule has 1 aliphatic heterocycles. The molecule has 1 N–H and O–H groups in total. The van der Waals surface area contributed by atoms with Gasteiger partial charge in [0.2, 0.25) is 0 Å². The Labute approximate surface area is 125 Å². The number of pyridine rings is 1. The van der Waals surface area contributed by atoms with E-state index >= 15 is 0 Å². The van der Waals surface area contributed by atoms with Crippen molar-refractivity contribution in [3.8, 4) is 0 Å². The number of hydrogen-bond donors (Lipinski definition) is 1. The van der Waals surface area contributed by atoms with Gasteiger partial charge in [-0.3, -0.25) is 0 Å². The second-order valence-electron chi connectivity index (χ2n) is 6.43. The molecule has 4 rings (SSSR count). The minimum Gasteiger partial charge on any atom is -0.351 e. The molecule has 1 aliphatic carbocycles. The molecule has 0 bridgehead atoms. The highest BCUT2D eigenvalue weighted by atomic mass is 15.2. The maximum atomic E-state index is 4.68. The lowest BCUT2D eigenvalue weighted by Gasteiger charge is -2.31. The van der Waals surface area contributed by atoms with Crippen molar-refractivity contribution < 1.29 is 0 Å². The Bertz CT molecular complexity index is 625. The molecule has 2 fully saturated rings. The zero-order valence-electron chi connectivity index (χ0n) is 12.6. The molecule has 2 aromatic rings. The molecular weight excluding hydrogens is 262 g/mol. The molecule has 2 aliphatic rings. The van der Waals surface area contributed by atoms with E-state index in [2.05, 4.69) is 30.8 Å². The Hall–Kier alpha value is -1.62. The summed E-state index contributed by atoms with van der Waals surface area (Å²) in [4.78, 5) is 11.8. The monoisotopic (exact) mass is 285 g/mol. The number of imidazole rings is 1. The van der Waals surface area contributed by atoms with Crippen LogP contribution >= 0.6 is 0 Å². The highest BCUT2D eigenvalue weighted by Crippen LogP contribution is 2.35. The Morgan fingerprint density at radius 3 is 2.81 bits per heavy atom. The molecule has 2 aromatic heterocycles. The molecule has 1 saturated carbocycles. The quantitative estimate of drug-likeness (QED) is 0.932. The zero-order valence-corrected chi connectivity index (χ0v) is 12.6. The number of hydrogen-bond acceptors (Lipinski definition) is 4. The summed E-state index contributed by atoms with van der Waals surface area (Å²) in [6.07, 6.45) is 8.98. The number of anilines is 1. The first-order valence-electron chi connectivity index (χ1n) is 8.06. The van der Waals surface area contributed by atoms with Gasteiger partial charge in [0, 0.05) is 25.8 Å². The maximum Gasteiger partial charge on any atom is 0.157 e. The summed E-state index contributed by atoms with van der Waals surface area (Å²) in [5, 5.41) is 3.46. The van der Waals surface area contributed by atoms with Gasteiger partial charge in [0.15, 0.2) is 5.82 Å². The van der Waals surface area contributed by atoms with E-state index in [1.54, 1.807) is 0 Å². The lowest BCUT2D eigenvalue weighted by atomic mass is 9.97. The molecule has 0 radical (unpaired) electrons. The fraction of sp³-hybridized carbons (Fsp3) is 0.625. The van der Waals surface area contributed by atoms with E-state index in [0.29, 0.717) is 6.04 Å². The van der Waals surface area contributed by atoms with E-state index in [-0.39, 0.29) is 0 Å². The van der Waals surface area contributed by atoms with Gasteiger partial charge in [0.1, 0.15) is 5.52 Å². The average Bonchev–Trinajstić information content (AvgIpc) is 3.30. The van der Waals surface area contributed by atoms with Crippen LogP contribution in [0.15, 0.2) is 18.6 Å². The van der Waals surface area contributed by atoms with Crippen molar-refractivity contribution in [2.24, 2.45) is 13.0 Å². The average molecular weight is 285 g/mol. The van der Waals surface area contributed by atoms with E-state index in [1.165, 1.54) is 31.2 Å². The van der Waals surface area contributed by atoms with Crippen molar-refractivity contribution >= 4 is 16.9 Å². The summed E-state index contributed by atoms with van der Waals surface area (Å²) in [5.74, 6) is 1.88. The van der Waals surface area contributed by atoms with Gasteiger partial charge in [-0.05, 0) is 50.8 Å². The Morgan fingerprint density at radius 1 is 1.24 bits per heavy atom. The summed E-state index contributed by atoms with van der Waals surface area (Å²) in [6, 6.07) is 2.74. The third-order valence-corrected chi connectivity index (χ3v) is 4.80. The maximum absolute atomic E-state index is 4.68.